The summed E-state index contributed by atoms with van der Waals surface area (Å²) in [7, 11) is 2.09. The van der Waals surface area contributed by atoms with E-state index in [1.165, 1.54) is 12.8 Å². The maximum Gasteiger partial charge on any atom is 0.142 e. The number of carbonyl (C=O) groups excluding carboxylic acids is 1. The number of likely N-dealkylation sites (tertiary alicyclic amines) is 1. The van der Waals surface area contributed by atoms with Crippen molar-refractivity contribution in [3.8, 4) is 0 Å². The van der Waals surface area contributed by atoms with Crippen molar-refractivity contribution < 1.29 is 4.79 Å². The van der Waals surface area contributed by atoms with Gasteiger partial charge in [-0.25, -0.2) is 0 Å². The molecule has 0 aliphatic carbocycles. The van der Waals surface area contributed by atoms with Crippen LogP contribution in [0.2, 0.25) is 0 Å². The van der Waals surface area contributed by atoms with Gasteiger partial charge in [-0.3, -0.25) is 9.69 Å². The van der Waals surface area contributed by atoms with Gasteiger partial charge in [0.15, 0.2) is 0 Å². The van der Waals surface area contributed by atoms with Gasteiger partial charge in [-0.15, -0.1) is 0 Å². The second kappa shape index (κ2) is 3.52. The molecule has 0 bridgehead atoms. The number of allylic oxidation sites excluding steroid dienone is 1. The lowest BCUT2D eigenvalue weighted by molar-refractivity contribution is -0.104. The molecular formula is C8H13NO. The van der Waals surface area contributed by atoms with Crippen LogP contribution < -0.4 is 0 Å². The Bertz CT molecular complexity index is 142. The highest BCUT2D eigenvalue weighted by molar-refractivity contribution is 5.64. The van der Waals surface area contributed by atoms with Crippen LogP contribution in [-0.4, -0.2) is 30.8 Å². The molecule has 1 saturated heterocycles. The Labute approximate surface area is 61.5 Å². The number of likely N-dealkylation sites (N-methyl/N-ethyl adjacent to an activating group) is 1. The molecule has 0 radical (unpaired) electrons. The van der Waals surface area contributed by atoms with E-state index in [1.807, 2.05) is 6.08 Å². The average molecular weight is 139 g/mol. The van der Waals surface area contributed by atoms with Gasteiger partial charge in [0.05, 0.1) is 0 Å². The fourth-order valence-corrected chi connectivity index (χ4v) is 1.35. The molecular weight excluding hydrogens is 126 g/mol. The number of nitrogens with zero attached hydrogens (tertiary/aromatic N) is 1. The van der Waals surface area contributed by atoms with E-state index in [-0.39, 0.29) is 0 Å². The number of hydrogen-bond donors (Lipinski definition) is 0. The van der Waals surface area contributed by atoms with Crippen molar-refractivity contribution in [1.29, 1.82) is 0 Å². The first-order valence-electron chi connectivity index (χ1n) is 3.67. The van der Waals surface area contributed by atoms with E-state index in [0.29, 0.717) is 6.04 Å². The van der Waals surface area contributed by atoms with Crippen molar-refractivity contribution in [2.75, 3.05) is 13.6 Å². The molecule has 1 atom stereocenters. The zero-order valence-electron chi connectivity index (χ0n) is 6.29. The molecule has 2 heteroatoms. The molecule has 2 nitrogen and oxygen atoms in total. The van der Waals surface area contributed by atoms with E-state index >= 15 is 0 Å². The van der Waals surface area contributed by atoms with Crippen LogP contribution in [0.3, 0.4) is 0 Å². The Kier molecular flexibility index (Phi) is 2.63. The number of carbonyl (C=O) groups is 1. The van der Waals surface area contributed by atoms with Crippen molar-refractivity contribution in [3.63, 3.8) is 0 Å². The SMILES string of the molecule is CN1CCC[C@@H]1/C=C/C=O. The molecule has 10 heavy (non-hydrogen) atoms. The Morgan fingerprint density at radius 1 is 1.60 bits per heavy atom. The molecule has 1 rings (SSSR count). The molecule has 0 saturated carbocycles. The maximum absolute atomic E-state index is 9.96. The molecule has 0 N–H and O–H groups in total. The van der Waals surface area contributed by atoms with E-state index in [4.69, 9.17) is 0 Å². The Balaban J connectivity index is 2.39. The van der Waals surface area contributed by atoms with Crippen molar-refractivity contribution in [3.05, 3.63) is 12.2 Å². The van der Waals surface area contributed by atoms with Crippen LogP contribution in [0.1, 0.15) is 12.8 Å². The molecule has 1 aliphatic heterocycles. The minimum Gasteiger partial charge on any atom is -0.300 e. The van der Waals surface area contributed by atoms with Gasteiger partial charge >= 0.3 is 0 Å². The monoisotopic (exact) mass is 139 g/mol. The minimum atomic E-state index is 0.505. The van der Waals surface area contributed by atoms with Crippen LogP contribution in [0.25, 0.3) is 0 Å². The zero-order chi connectivity index (χ0) is 7.40. The van der Waals surface area contributed by atoms with Gasteiger partial charge in [-0.05, 0) is 32.5 Å². The molecule has 1 fully saturated rings. The lowest BCUT2D eigenvalue weighted by Crippen LogP contribution is -2.22. The average Bonchev–Trinajstić information content (AvgIpc) is 2.31. The van der Waals surface area contributed by atoms with E-state index < -0.39 is 0 Å². The Hall–Kier alpha value is -0.630. The third kappa shape index (κ3) is 1.67. The summed E-state index contributed by atoms with van der Waals surface area (Å²) in [5.74, 6) is 0. The van der Waals surface area contributed by atoms with Gasteiger partial charge < -0.3 is 0 Å². The standard InChI is InChI=1S/C8H13NO/c1-9-6-2-4-8(9)5-3-7-10/h3,5,7-8H,2,4,6H2,1H3/b5-3+/t8-/m1/s1. The molecule has 1 aliphatic rings. The summed E-state index contributed by atoms with van der Waals surface area (Å²) in [4.78, 5) is 12.2. The minimum absolute atomic E-state index is 0.505. The first kappa shape index (κ1) is 7.48. The summed E-state index contributed by atoms with van der Waals surface area (Å²) in [6.07, 6.45) is 6.85. The fourth-order valence-electron chi connectivity index (χ4n) is 1.35. The van der Waals surface area contributed by atoms with Crippen molar-refractivity contribution in [2.45, 2.75) is 18.9 Å². The first-order chi connectivity index (χ1) is 4.84. The fraction of sp³-hybridized carbons (Fsp3) is 0.625. The maximum atomic E-state index is 9.96. The quantitative estimate of drug-likeness (QED) is 0.417. The lowest BCUT2D eigenvalue weighted by Gasteiger charge is -2.13. The highest BCUT2D eigenvalue weighted by Crippen LogP contribution is 2.14. The highest BCUT2D eigenvalue weighted by Gasteiger charge is 2.16. The van der Waals surface area contributed by atoms with Crippen LogP contribution in [0.4, 0.5) is 0 Å². The summed E-state index contributed by atoms with van der Waals surface area (Å²) in [5.41, 5.74) is 0. The highest BCUT2D eigenvalue weighted by atomic mass is 16.1. The zero-order valence-corrected chi connectivity index (χ0v) is 6.29. The van der Waals surface area contributed by atoms with Gasteiger partial charge in [0, 0.05) is 6.04 Å². The topological polar surface area (TPSA) is 20.3 Å². The summed E-state index contributed by atoms with van der Waals surface area (Å²) >= 11 is 0. The molecule has 0 spiro atoms. The number of aldehydes is 1. The lowest BCUT2D eigenvalue weighted by atomic mass is 10.2. The molecule has 0 amide bonds. The van der Waals surface area contributed by atoms with E-state index in [0.717, 1.165) is 12.8 Å². The van der Waals surface area contributed by atoms with Crippen LogP contribution in [0.15, 0.2) is 12.2 Å². The van der Waals surface area contributed by atoms with Gasteiger partial charge in [0.2, 0.25) is 0 Å². The Morgan fingerprint density at radius 3 is 2.90 bits per heavy atom. The molecule has 1 heterocycles. The Morgan fingerprint density at radius 2 is 2.40 bits per heavy atom. The predicted octanol–water partition coefficient (Wildman–Crippen LogP) is 0.836. The van der Waals surface area contributed by atoms with Crippen LogP contribution in [0, 0.1) is 0 Å². The smallest absolute Gasteiger partial charge is 0.142 e. The summed E-state index contributed by atoms with van der Waals surface area (Å²) in [5, 5.41) is 0. The second-order valence-corrected chi connectivity index (χ2v) is 2.71. The first-order valence-corrected chi connectivity index (χ1v) is 3.67. The summed E-state index contributed by atoms with van der Waals surface area (Å²) in [6.45, 7) is 1.16. The molecule has 0 aromatic heterocycles. The van der Waals surface area contributed by atoms with E-state index in [1.54, 1.807) is 6.08 Å². The third-order valence-corrected chi connectivity index (χ3v) is 1.99. The molecule has 0 aromatic rings. The van der Waals surface area contributed by atoms with Gasteiger partial charge in [-0.1, -0.05) is 6.08 Å². The van der Waals surface area contributed by atoms with Crippen LogP contribution in [-0.2, 0) is 4.79 Å². The molecule has 0 unspecified atom stereocenters. The second-order valence-electron chi connectivity index (χ2n) is 2.71. The van der Waals surface area contributed by atoms with Gasteiger partial charge in [0.1, 0.15) is 6.29 Å². The van der Waals surface area contributed by atoms with E-state index in [9.17, 15) is 4.79 Å². The van der Waals surface area contributed by atoms with Crippen LogP contribution in [0.5, 0.6) is 0 Å². The molecule has 0 aromatic carbocycles. The number of rotatable bonds is 2. The summed E-state index contributed by atoms with van der Waals surface area (Å²) < 4.78 is 0. The van der Waals surface area contributed by atoms with Crippen LogP contribution >= 0.6 is 0 Å². The summed E-state index contributed by atoms with van der Waals surface area (Å²) in [6, 6.07) is 0.505. The van der Waals surface area contributed by atoms with Crippen molar-refractivity contribution in [2.24, 2.45) is 0 Å². The normalized spacial score (nSPS) is 27.9. The van der Waals surface area contributed by atoms with Crippen molar-refractivity contribution >= 4 is 6.29 Å². The largest absolute Gasteiger partial charge is 0.300 e. The van der Waals surface area contributed by atoms with Gasteiger partial charge in [-0.2, -0.15) is 0 Å². The van der Waals surface area contributed by atoms with Crippen molar-refractivity contribution in [1.82, 2.24) is 4.90 Å². The predicted molar refractivity (Wildman–Crippen MR) is 40.9 cm³/mol. The molecule has 56 valence electrons. The van der Waals surface area contributed by atoms with Gasteiger partial charge in [0.25, 0.3) is 0 Å². The third-order valence-electron chi connectivity index (χ3n) is 1.99. The number of hydrogen-bond acceptors (Lipinski definition) is 2. The van der Waals surface area contributed by atoms with E-state index in [2.05, 4.69) is 11.9 Å².